The van der Waals surface area contributed by atoms with Gasteiger partial charge in [-0.15, -0.1) is 0 Å². The third-order valence-corrected chi connectivity index (χ3v) is 3.88. The molecule has 0 saturated heterocycles. The summed E-state index contributed by atoms with van der Waals surface area (Å²) < 4.78 is 35.4. The van der Waals surface area contributed by atoms with Crippen LogP contribution in [0.1, 0.15) is 11.5 Å². The van der Waals surface area contributed by atoms with Crippen LogP contribution in [0.25, 0.3) is 0 Å². The number of sulfonamides is 1. The van der Waals surface area contributed by atoms with E-state index in [4.69, 9.17) is 9.63 Å². The molecule has 8 nitrogen and oxygen atoms in total. The smallest absolute Gasteiger partial charge is 0.324 e. The number of nitrogens with zero attached hydrogens (tertiary/aromatic N) is 1. The average Bonchev–Trinajstić information content (AvgIpc) is 2.58. The first kappa shape index (κ1) is 14.6. The van der Waals surface area contributed by atoms with Crippen LogP contribution in [-0.4, -0.2) is 44.4 Å². The van der Waals surface area contributed by atoms with Gasteiger partial charge in [-0.25, -0.2) is 8.42 Å². The maximum atomic E-state index is 12.0. The molecule has 1 rings (SSSR count). The number of carbonyl (C=O) groups is 1. The minimum atomic E-state index is -4.01. The highest BCUT2D eigenvalue weighted by molar-refractivity contribution is 7.89. The van der Waals surface area contributed by atoms with Crippen LogP contribution in [0.5, 0.6) is 0 Å². The molecule has 1 atom stereocenters. The van der Waals surface area contributed by atoms with Crippen molar-refractivity contribution in [3.05, 3.63) is 11.5 Å². The number of carboxylic acids is 1. The third-order valence-electron chi connectivity index (χ3n) is 2.17. The molecule has 0 aliphatic heterocycles. The van der Waals surface area contributed by atoms with E-state index in [1.165, 1.54) is 21.0 Å². The molecule has 9 heteroatoms. The highest BCUT2D eigenvalue weighted by atomic mass is 32.2. The van der Waals surface area contributed by atoms with Gasteiger partial charge in [-0.05, 0) is 13.8 Å². The summed E-state index contributed by atoms with van der Waals surface area (Å²) in [5, 5.41) is 12.4. The second-order valence-corrected chi connectivity index (χ2v) is 5.27. The number of methoxy groups -OCH3 is 1. The first-order valence-corrected chi connectivity index (χ1v) is 6.45. The Morgan fingerprint density at radius 1 is 1.56 bits per heavy atom. The van der Waals surface area contributed by atoms with E-state index in [1.807, 2.05) is 4.72 Å². The summed E-state index contributed by atoms with van der Waals surface area (Å²) in [7, 11) is -2.73. The molecular formula is C9H14N2O6S. The predicted molar refractivity (Wildman–Crippen MR) is 59.6 cm³/mol. The zero-order valence-electron chi connectivity index (χ0n) is 10.1. The van der Waals surface area contributed by atoms with Crippen molar-refractivity contribution in [3.63, 3.8) is 0 Å². The van der Waals surface area contributed by atoms with E-state index >= 15 is 0 Å². The Morgan fingerprint density at radius 2 is 2.17 bits per heavy atom. The number of aryl methyl sites for hydroxylation is 2. The lowest BCUT2D eigenvalue weighted by atomic mass is 10.3. The monoisotopic (exact) mass is 278 g/mol. The van der Waals surface area contributed by atoms with Crippen LogP contribution in [0, 0.1) is 13.8 Å². The van der Waals surface area contributed by atoms with E-state index in [2.05, 4.69) is 9.89 Å². The Labute approximate surface area is 104 Å². The summed E-state index contributed by atoms with van der Waals surface area (Å²) in [5.41, 5.74) is 0.168. The summed E-state index contributed by atoms with van der Waals surface area (Å²) in [6.07, 6.45) is 0. The molecule has 0 amide bonds. The molecule has 102 valence electrons. The lowest BCUT2D eigenvalue weighted by Crippen LogP contribution is -2.43. The molecule has 1 aromatic rings. The standard InChI is InChI=1S/C9H14N2O6S/c1-5-8(6(2)17-10-5)18(14,15)11-7(4-16-3)9(12)13/h7,11H,4H2,1-3H3,(H,12,13). The van der Waals surface area contributed by atoms with Crippen molar-refractivity contribution in [1.82, 2.24) is 9.88 Å². The molecule has 1 aromatic heterocycles. The number of ether oxygens (including phenoxy) is 1. The molecule has 0 spiro atoms. The van der Waals surface area contributed by atoms with Crippen molar-refractivity contribution < 1.29 is 27.6 Å². The van der Waals surface area contributed by atoms with Gasteiger partial charge in [0.25, 0.3) is 0 Å². The van der Waals surface area contributed by atoms with Gasteiger partial charge in [0.2, 0.25) is 10.0 Å². The van der Waals surface area contributed by atoms with Crippen molar-refractivity contribution >= 4 is 16.0 Å². The van der Waals surface area contributed by atoms with E-state index < -0.39 is 22.0 Å². The fourth-order valence-electron chi connectivity index (χ4n) is 1.43. The minimum absolute atomic E-state index is 0.0987. The number of aliphatic carboxylic acids is 1. The number of carboxylic acid groups (broad SMARTS) is 1. The van der Waals surface area contributed by atoms with Gasteiger partial charge < -0.3 is 14.4 Å². The van der Waals surface area contributed by atoms with Crippen LogP contribution >= 0.6 is 0 Å². The van der Waals surface area contributed by atoms with Gasteiger partial charge in [0, 0.05) is 7.11 Å². The molecule has 1 unspecified atom stereocenters. The van der Waals surface area contributed by atoms with Gasteiger partial charge in [-0.2, -0.15) is 4.72 Å². The van der Waals surface area contributed by atoms with E-state index in [1.54, 1.807) is 0 Å². The minimum Gasteiger partial charge on any atom is -0.480 e. The van der Waals surface area contributed by atoms with Crippen LogP contribution in [0.2, 0.25) is 0 Å². The molecule has 0 radical (unpaired) electrons. The lowest BCUT2D eigenvalue weighted by Gasteiger charge is -2.13. The zero-order chi connectivity index (χ0) is 13.9. The molecule has 18 heavy (non-hydrogen) atoms. The Kier molecular flexibility index (Phi) is 4.43. The van der Waals surface area contributed by atoms with E-state index in [0.29, 0.717) is 0 Å². The van der Waals surface area contributed by atoms with Gasteiger partial charge in [-0.1, -0.05) is 5.16 Å². The van der Waals surface area contributed by atoms with E-state index in [0.717, 1.165) is 0 Å². The molecule has 0 aliphatic carbocycles. The largest absolute Gasteiger partial charge is 0.480 e. The SMILES string of the molecule is COCC(NS(=O)(=O)c1c(C)noc1C)C(=O)O. The molecule has 0 aromatic carbocycles. The van der Waals surface area contributed by atoms with Gasteiger partial charge in [-0.3, -0.25) is 4.79 Å². The van der Waals surface area contributed by atoms with Crippen LogP contribution < -0.4 is 4.72 Å². The summed E-state index contributed by atoms with van der Waals surface area (Å²) in [6, 6.07) is -1.37. The number of aromatic nitrogens is 1. The van der Waals surface area contributed by atoms with E-state index in [-0.39, 0.29) is 23.0 Å². The highest BCUT2D eigenvalue weighted by Gasteiger charge is 2.30. The fraction of sp³-hybridized carbons (Fsp3) is 0.556. The van der Waals surface area contributed by atoms with Crippen LogP contribution in [-0.2, 0) is 19.6 Å². The molecular weight excluding hydrogens is 264 g/mol. The van der Waals surface area contributed by atoms with Crippen molar-refractivity contribution in [2.75, 3.05) is 13.7 Å². The fourth-order valence-corrected chi connectivity index (χ4v) is 2.93. The highest BCUT2D eigenvalue weighted by Crippen LogP contribution is 2.18. The van der Waals surface area contributed by atoms with Crippen LogP contribution in [0.3, 0.4) is 0 Å². The Hall–Kier alpha value is -1.45. The van der Waals surface area contributed by atoms with Gasteiger partial charge >= 0.3 is 5.97 Å². The summed E-state index contributed by atoms with van der Waals surface area (Å²) in [6.45, 7) is 2.61. The molecule has 0 aliphatic rings. The van der Waals surface area contributed by atoms with Crippen molar-refractivity contribution in [1.29, 1.82) is 0 Å². The molecule has 0 saturated carbocycles. The van der Waals surface area contributed by atoms with Crippen molar-refractivity contribution in [3.8, 4) is 0 Å². The number of hydrogen-bond acceptors (Lipinski definition) is 6. The molecule has 0 fully saturated rings. The summed E-state index contributed by atoms with van der Waals surface area (Å²) >= 11 is 0. The van der Waals surface area contributed by atoms with Crippen LogP contribution in [0.15, 0.2) is 9.42 Å². The Bertz CT molecular complexity index is 516. The molecule has 2 N–H and O–H groups in total. The Morgan fingerprint density at radius 3 is 2.56 bits per heavy atom. The number of rotatable bonds is 6. The summed E-state index contributed by atoms with van der Waals surface area (Å²) in [5.74, 6) is -1.23. The maximum absolute atomic E-state index is 12.0. The quantitative estimate of drug-likeness (QED) is 0.731. The second kappa shape index (κ2) is 5.46. The number of nitrogens with one attached hydrogen (secondary N) is 1. The van der Waals surface area contributed by atoms with Gasteiger partial charge in [0.1, 0.15) is 16.6 Å². The lowest BCUT2D eigenvalue weighted by molar-refractivity contribution is -0.140. The second-order valence-electron chi connectivity index (χ2n) is 3.62. The predicted octanol–water partition coefficient (Wildman–Crippen LogP) is -0.331. The zero-order valence-corrected chi connectivity index (χ0v) is 10.9. The van der Waals surface area contributed by atoms with Gasteiger partial charge in [0.15, 0.2) is 5.76 Å². The van der Waals surface area contributed by atoms with Crippen molar-refractivity contribution in [2.45, 2.75) is 24.8 Å². The third kappa shape index (κ3) is 3.06. The van der Waals surface area contributed by atoms with Gasteiger partial charge in [0.05, 0.1) is 6.61 Å². The van der Waals surface area contributed by atoms with Crippen LogP contribution in [0.4, 0.5) is 0 Å². The topological polar surface area (TPSA) is 119 Å². The first-order valence-electron chi connectivity index (χ1n) is 4.96. The van der Waals surface area contributed by atoms with Crippen molar-refractivity contribution in [2.24, 2.45) is 0 Å². The summed E-state index contributed by atoms with van der Waals surface area (Å²) in [4.78, 5) is 10.7. The molecule has 1 heterocycles. The Balaban J connectivity index is 3.05. The normalized spacial score (nSPS) is 13.5. The average molecular weight is 278 g/mol. The molecule has 0 bridgehead atoms. The maximum Gasteiger partial charge on any atom is 0.324 e. The number of hydrogen-bond donors (Lipinski definition) is 2. The van der Waals surface area contributed by atoms with E-state index in [9.17, 15) is 13.2 Å². The first-order chi connectivity index (χ1) is 8.29.